The predicted octanol–water partition coefficient (Wildman–Crippen LogP) is 6.43. The normalized spacial score (nSPS) is 23.3. The molecule has 412 valence electrons. The van der Waals surface area contributed by atoms with Crippen molar-refractivity contribution in [1.82, 2.24) is 45.2 Å². The molecule has 0 spiro atoms. The van der Waals surface area contributed by atoms with Crippen LogP contribution < -0.4 is 30.3 Å². The first-order valence-corrected chi connectivity index (χ1v) is 27.7. The Labute approximate surface area is 454 Å². The van der Waals surface area contributed by atoms with Gasteiger partial charge in [0, 0.05) is 113 Å². The Kier molecular flexibility index (Phi) is 15.3. The topological polar surface area (TPSA) is 236 Å². The molecule has 6 aromatic rings. The SMILES string of the molecule is Cc1cnn(C)c1-c1ccc([C@H](C)NC(=O)[C@@H]2C[C@@H](O)CN2C(=O)[C@@H](c2cc(OCCN3CCC(OC4CC(Oc5cc(N6C7CC[C@@H]6CN(c6cc(-c8ccccc8O)nnc6N)C7)ccn5)C4)CC3)no2)C(C)C)cc1. The molecule has 8 heterocycles. The van der Waals surface area contributed by atoms with Crippen LogP contribution in [0.4, 0.5) is 17.2 Å². The molecule has 1 saturated carbocycles. The number of aryl methyl sites for hydroxylation is 2. The van der Waals surface area contributed by atoms with Crippen molar-refractivity contribution in [2.24, 2.45) is 13.0 Å². The number of nitrogens with two attached hydrogens (primary N) is 1. The summed E-state index contributed by atoms with van der Waals surface area (Å²) in [5.41, 5.74) is 13.6. The number of piperidine rings is 1. The summed E-state index contributed by atoms with van der Waals surface area (Å²) in [5.74, 6) is 0.316. The van der Waals surface area contributed by atoms with Crippen molar-refractivity contribution in [3.05, 3.63) is 102 Å². The van der Waals surface area contributed by atoms with Gasteiger partial charge in [0.25, 0.3) is 5.88 Å². The van der Waals surface area contributed by atoms with Gasteiger partial charge in [-0.05, 0) is 86.0 Å². The molecule has 5 aliphatic rings. The van der Waals surface area contributed by atoms with E-state index in [-0.39, 0.29) is 72.9 Å². The van der Waals surface area contributed by atoms with E-state index >= 15 is 0 Å². The van der Waals surface area contributed by atoms with E-state index in [4.69, 9.17) is 24.5 Å². The molecular formula is C58H72N12O8. The van der Waals surface area contributed by atoms with Crippen molar-refractivity contribution in [1.29, 1.82) is 0 Å². The van der Waals surface area contributed by atoms with Gasteiger partial charge in [0.05, 0.1) is 47.6 Å². The van der Waals surface area contributed by atoms with Crippen LogP contribution in [0.2, 0.25) is 0 Å². The van der Waals surface area contributed by atoms with Crippen LogP contribution in [-0.4, -0.2) is 150 Å². The van der Waals surface area contributed by atoms with Gasteiger partial charge in [-0.1, -0.05) is 50.2 Å². The molecule has 2 amide bonds. The number of aromatic hydroxyl groups is 1. The smallest absolute Gasteiger partial charge is 0.254 e. The number of nitrogens with zero attached hydrogens (tertiary/aromatic N) is 10. The number of phenols is 1. The third kappa shape index (κ3) is 11.2. The zero-order valence-electron chi connectivity index (χ0n) is 45.1. The number of ether oxygens (including phenoxy) is 3. The number of carbonyl (C=O) groups is 2. The quantitative estimate of drug-likeness (QED) is 0.0726. The highest BCUT2D eigenvalue weighted by Crippen LogP contribution is 2.41. The number of anilines is 3. The molecule has 5 fully saturated rings. The first kappa shape index (κ1) is 52.7. The molecule has 4 aromatic heterocycles. The van der Waals surface area contributed by atoms with Crippen molar-refractivity contribution in [3.8, 4) is 40.0 Å². The molecule has 2 aromatic carbocycles. The van der Waals surface area contributed by atoms with E-state index in [1.54, 1.807) is 18.2 Å². The second-order valence-electron chi connectivity index (χ2n) is 22.3. The lowest BCUT2D eigenvalue weighted by atomic mass is 9.91. The minimum Gasteiger partial charge on any atom is -0.507 e. The molecule has 5 N–H and O–H groups in total. The summed E-state index contributed by atoms with van der Waals surface area (Å²) in [6, 6.07) is 22.3. The molecule has 78 heavy (non-hydrogen) atoms. The summed E-state index contributed by atoms with van der Waals surface area (Å²) in [7, 11) is 1.91. The summed E-state index contributed by atoms with van der Waals surface area (Å²) >= 11 is 0. The number of aliphatic hydroxyl groups excluding tert-OH is 1. The number of β-amino-alcohol motifs (C(OH)–C–C–N with tert-alkyl or cyclic N) is 1. The maximum absolute atomic E-state index is 14.3. The van der Waals surface area contributed by atoms with Gasteiger partial charge in [0.15, 0.2) is 11.6 Å². The second-order valence-corrected chi connectivity index (χ2v) is 22.3. The van der Waals surface area contributed by atoms with Crippen LogP contribution in [0.25, 0.3) is 22.5 Å². The van der Waals surface area contributed by atoms with Crippen LogP contribution in [-0.2, 0) is 21.4 Å². The maximum atomic E-state index is 14.3. The van der Waals surface area contributed by atoms with Gasteiger partial charge in [-0.2, -0.15) is 5.10 Å². The van der Waals surface area contributed by atoms with E-state index < -0.39 is 18.1 Å². The third-order valence-corrected chi connectivity index (χ3v) is 16.5. The lowest BCUT2D eigenvalue weighted by Gasteiger charge is -2.43. The van der Waals surface area contributed by atoms with Gasteiger partial charge in [-0.25, -0.2) is 4.98 Å². The Morgan fingerprint density at radius 3 is 2.36 bits per heavy atom. The lowest BCUT2D eigenvalue weighted by molar-refractivity contribution is -0.141. The number of nitrogens with one attached hydrogen (secondary N) is 1. The lowest BCUT2D eigenvalue weighted by Crippen LogP contribution is -2.54. The molecule has 4 aliphatic heterocycles. The van der Waals surface area contributed by atoms with Crippen molar-refractivity contribution >= 4 is 29.0 Å². The van der Waals surface area contributed by atoms with Crippen molar-refractivity contribution in [2.45, 2.75) is 127 Å². The van der Waals surface area contributed by atoms with Crippen molar-refractivity contribution < 1.29 is 38.5 Å². The Balaban J connectivity index is 0.602. The number of nitrogen functional groups attached to an aromatic ring is 1. The summed E-state index contributed by atoms with van der Waals surface area (Å²) in [5, 5.41) is 41.4. The monoisotopic (exact) mass is 1060 g/mol. The number of hydrogen-bond acceptors (Lipinski definition) is 17. The molecule has 11 rings (SSSR count). The number of fused-ring (bicyclic) bond motifs is 2. The number of aliphatic hydroxyl groups is 1. The number of rotatable bonds is 18. The number of para-hydroxylation sites is 1. The average molecular weight is 1070 g/mol. The van der Waals surface area contributed by atoms with Crippen LogP contribution in [0, 0.1) is 12.8 Å². The first-order valence-electron chi connectivity index (χ1n) is 27.7. The number of piperazine rings is 1. The van der Waals surface area contributed by atoms with Gasteiger partial charge in [0.2, 0.25) is 17.7 Å². The predicted molar refractivity (Wildman–Crippen MR) is 293 cm³/mol. The zero-order chi connectivity index (χ0) is 54.2. The van der Waals surface area contributed by atoms with Crippen LogP contribution in [0.1, 0.15) is 94.6 Å². The van der Waals surface area contributed by atoms with E-state index in [0.717, 1.165) is 98.5 Å². The van der Waals surface area contributed by atoms with Gasteiger partial charge in [-0.3, -0.25) is 19.2 Å². The Hall–Kier alpha value is -7.29. The minimum atomic E-state index is -0.837. The Morgan fingerprint density at radius 1 is 0.885 bits per heavy atom. The van der Waals surface area contributed by atoms with Crippen LogP contribution in [0.5, 0.6) is 17.5 Å². The molecule has 1 unspecified atom stereocenters. The van der Waals surface area contributed by atoms with E-state index in [1.165, 1.54) is 4.90 Å². The minimum absolute atomic E-state index is 0.0487. The van der Waals surface area contributed by atoms with Crippen LogP contribution >= 0.6 is 0 Å². The number of hydrogen-bond donors (Lipinski definition) is 4. The highest BCUT2D eigenvalue weighted by Gasteiger charge is 2.45. The Bertz CT molecular complexity index is 3030. The molecule has 2 bridgehead atoms. The number of pyridine rings is 1. The molecule has 1 aliphatic carbocycles. The molecule has 20 nitrogen and oxygen atoms in total. The van der Waals surface area contributed by atoms with Crippen molar-refractivity contribution in [2.75, 3.05) is 61.4 Å². The molecular weight excluding hydrogens is 993 g/mol. The van der Waals surface area contributed by atoms with Gasteiger partial charge in [-0.15, -0.1) is 10.2 Å². The van der Waals surface area contributed by atoms with Gasteiger partial charge >= 0.3 is 0 Å². The van der Waals surface area contributed by atoms with E-state index in [0.29, 0.717) is 47.7 Å². The molecule has 0 radical (unpaired) electrons. The summed E-state index contributed by atoms with van der Waals surface area (Å²) in [6.45, 7) is 12.3. The van der Waals surface area contributed by atoms with Crippen LogP contribution in [0.3, 0.4) is 0 Å². The molecule has 20 heteroatoms. The standard InChI is InChI=1S/C58H72N12O8/c1-34(2)54(58(74)69-33-42(71)25-49(69)57(73)62-36(4)37-10-12-38(13-11-37)55-35(3)30-61-66(55)5)51-29-53(65-78-51)75-23-22-67-20-17-43(18-21-67)76-44-26-45(27-44)77-52-24-39(16-19-60-52)70-40-14-15-41(70)32-68(31-40)48-28-47(63-64-56(48)59)46-8-6-7-9-50(46)72/h6-13,16,19,24,28-30,34,36,40-45,49,54,71-72H,14-15,17-18,20-23,25-27,31-33H2,1-5H3,(H2,59,64)(H,62,73)/t36-,40+,41?,42+,44?,45?,49-,54+/m0/s1. The number of amides is 2. The zero-order valence-corrected chi connectivity index (χ0v) is 45.1. The number of aromatic nitrogens is 6. The van der Waals surface area contributed by atoms with Crippen LogP contribution in [0.15, 0.2) is 89.7 Å². The summed E-state index contributed by atoms with van der Waals surface area (Å²) in [4.78, 5) is 41.3. The highest BCUT2D eigenvalue weighted by molar-refractivity contribution is 5.91. The third-order valence-electron chi connectivity index (χ3n) is 16.5. The van der Waals surface area contributed by atoms with Gasteiger partial charge < -0.3 is 54.7 Å². The average Bonchev–Trinajstić information content (AvgIpc) is 4.29. The number of carbonyl (C=O) groups excluding carboxylic acids is 2. The van der Waals surface area contributed by atoms with E-state index in [2.05, 4.69) is 57.6 Å². The first-order chi connectivity index (χ1) is 37.7. The van der Waals surface area contributed by atoms with Gasteiger partial charge in [0.1, 0.15) is 30.4 Å². The second kappa shape index (κ2) is 22.6. The maximum Gasteiger partial charge on any atom is 0.254 e. The number of likely N-dealkylation sites (tertiary alicyclic amines) is 2. The highest BCUT2D eigenvalue weighted by atomic mass is 16.5. The summed E-state index contributed by atoms with van der Waals surface area (Å²) < 4.78 is 26.6. The fourth-order valence-electron chi connectivity index (χ4n) is 12.3. The fourth-order valence-corrected chi connectivity index (χ4v) is 12.3. The van der Waals surface area contributed by atoms with E-state index in [1.807, 2.05) is 94.3 Å². The summed E-state index contributed by atoms with van der Waals surface area (Å²) in [6.07, 6.45) is 9.04. The number of benzene rings is 2. The molecule has 4 saturated heterocycles. The largest absolute Gasteiger partial charge is 0.507 e. The Morgan fingerprint density at radius 2 is 1.64 bits per heavy atom. The molecule has 6 atom stereocenters. The van der Waals surface area contributed by atoms with E-state index in [9.17, 15) is 19.8 Å². The van der Waals surface area contributed by atoms with Crippen molar-refractivity contribution in [3.63, 3.8) is 0 Å². The number of phenolic OH excluding ortho intramolecular Hbond substituents is 1. The fraction of sp³-hybridized carbons (Fsp3) is 0.500.